The Balaban J connectivity index is 1.55. The number of aryl methyl sites for hydroxylation is 1. The summed E-state index contributed by atoms with van der Waals surface area (Å²) in [6, 6.07) is 8.23. The number of fused-ring (bicyclic) bond motifs is 2. The molecule has 8 heteroatoms. The molecule has 0 spiro atoms. The van der Waals surface area contributed by atoms with E-state index in [4.69, 9.17) is 9.72 Å². The smallest absolute Gasteiger partial charge is 0.165 e. The minimum atomic E-state index is 0.624. The molecule has 4 aromatic rings. The molecule has 5 rings (SSSR count). The summed E-state index contributed by atoms with van der Waals surface area (Å²) in [7, 11) is 0. The Morgan fingerprint density at radius 3 is 2.78 bits per heavy atom. The summed E-state index contributed by atoms with van der Waals surface area (Å²) in [6.07, 6.45) is 3.46. The Hall–Kier alpha value is -3.00. The van der Waals surface area contributed by atoms with E-state index in [0.29, 0.717) is 19.8 Å². The van der Waals surface area contributed by atoms with Crippen LogP contribution in [-0.2, 0) is 17.8 Å². The van der Waals surface area contributed by atoms with Gasteiger partial charge in [-0.1, -0.05) is 12.1 Å². The van der Waals surface area contributed by atoms with Crippen LogP contribution in [0.5, 0.6) is 0 Å². The maximum atomic E-state index is 5.45. The van der Waals surface area contributed by atoms with Crippen LogP contribution >= 0.6 is 0 Å². The van der Waals surface area contributed by atoms with Crippen molar-refractivity contribution in [2.45, 2.75) is 20.0 Å². The average molecular weight is 363 g/mol. The molecule has 3 aromatic heterocycles. The normalized spacial score (nSPS) is 15.1. The highest BCUT2D eigenvalue weighted by Crippen LogP contribution is 2.23. The van der Waals surface area contributed by atoms with Gasteiger partial charge in [0.1, 0.15) is 12.2 Å². The molecule has 27 heavy (non-hydrogen) atoms. The minimum Gasteiger partial charge on any atom is -0.378 e. The zero-order chi connectivity index (χ0) is 18.2. The largest absolute Gasteiger partial charge is 0.378 e. The first-order valence-electron chi connectivity index (χ1n) is 9.28. The second kappa shape index (κ2) is 6.62. The van der Waals surface area contributed by atoms with E-state index in [9.17, 15) is 0 Å². The van der Waals surface area contributed by atoms with Gasteiger partial charge in [0.15, 0.2) is 17.0 Å². The number of rotatable bonds is 4. The summed E-state index contributed by atoms with van der Waals surface area (Å²) >= 11 is 0. The molecule has 0 atom stereocenters. The van der Waals surface area contributed by atoms with Gasteiger partial charge in [0.2, 0.25) is 0 Å². The molecule has 8 nitrogen and oxygen atoms in total. The maximum absolute atomic E-state index is 5.45. The van der Waals surface area contributed by atoms with Crippen molar-refractivity contribution in [1.29, 1.82) is 0 Å². The Morgan fingerprint density at radius 2 is 1.93 bits per heavy atom. The summed E-state index contributed by atoms with van der Waals surface area (Å²) in [5.41, 5.74) is 3.84. The predicted molar refractivity (Wildman–Crippen MR) is 103 cm³/mol. The van der Waals surface area contributed by atoms with Crippen molar-refractivity contribution >= 4 is 28.0 Å². The van der Waals surface area contributed by atoms with E-state index in [0.717, 1.165) is 53.5 Å². The highest BCUT2D eigenvalue weighted by Gasteiger charge is 2.19. The van der Waals surface area contributed by atoms with Gasteiger partial charge in [-0.05, 0) is 19.1 Å². The van der Waals surface area contributed by atoms with Gasteiger partial charge in [-0.3, -0.25) is 0 Å². The summed E-state index contributed by atoms with van der Waals surface area (Å²) in [5, 5.41) is 0. The second-order valence-corrected chi connectivity index (χ2v) is 6.60. The molecule has 0 saturated carbocycles. The van der Waals surface area contributed by atoms with Crippen LogP contribution in [0.4, 0.5) is 5.82 Å². The number of aromatic nitrogens is 6. The monoisotopic (exact) mass is 363 g/mol. The van der Waals surface area contributed by atoms with Crippen LogP contribution in [-0.4, -0.2) is 55.4 Å². The second-order valence-electron chi connectivity index (χ2n) is 6.60. The molecule has 1 fully saturated rings. The van der Waals surface area contributed by atoms with Crippen LogP contribution in [0, 0.1) is 0 Å². The van der Waals surface area contributed by atoms with Gasteiger partial charge < -0.3 is 18.8 Å². The number of hydrogen-bond acceptors (Lipinski definition) is 6. The zero-order valence-electron chi connectivity index (χ0n) is 15.2. The fourth-order valence-corrected chi connectivity index (χ4v) is 3.74. The predicted octanol–water partition coefficient (Wildman–Crippen LogP) is 2.08. The topological polar surface area (TPSA) is 73.9 Å². The fraction of sp³-hybridized carbons (Fsp3) is 0.368. The van der Waals surface area contributed by atoms with Crippen LogP contribution in [0.15, 0.2) is 36.9 Å². The van der Waals surface area contributed by atoms with E-state index in [2.05, 4.69) is 49.5 Å². The lowest BCUT2D eigenvalue weighted by atomic mass is 10.3. The van der Waals surface area contributed by atoms with E-state index in [1.54, 1.807) is 6.33 Å². The van der Waals surface area contributed by atoms with Gasteiger partial charge in [0, 0.05) is 19.6 Å². The molecule has 138 valence electrons. The average Bonchev–Trinajstić information content (AvgIpc) is 3.29. The first-order chi connectivity index (χ1) is 13.3. The maximum Gasteiger partial charge on any atom is 0.165 e. The third kappa shape index (κ3) is 2.73. The van der Waals surface area contributed by atoms with Crippen LogP contribution in [0.2, 0.25) is 0 Å². The SMILES string of the molecule is CCn1c(Cn2cnc3c(N4CCOCC4)ncnc32)nc2ccccc21. The number of morpholine rings is 1. The van der Waals surface area contributed by atoms with E-state index >= 15 is 0 Å². The van der Waals surface area contributed by atoms with Crippen molar-refractivity contribution in [2.75, 3.05) is 31.2 Å². The van der Waals surface area contributed by atoms with Crippen LogP contribution in [0.1, 0.15) is 12.7 Å². The molecule has 0 unspecified atom stereocenters. The molecule has 0 N–H and O–H groups in total. The van der Waals surface area contributed by atoms with Crippen molar-refractivity contribution in [3.05, 3.63) is 42.7 Å². The number of para-hydroxylation sites is 2. The van der Waals surface area contributed by atoms with Gasteiger partial charge in [0.05, 0.1) is 37.1 Å². The highest BCUT2D eigenvalue weighted by atomic mass is 16.5. The quantitative estimate of drug-likeness (QED) is 0.553. The molecule has 4 heterocycles. The van der Waals surface area contributed by atoms with E-state index in [-0.39, 0.29) is 0 Å². The molecule has 0 amide bonds. The highest BCUT2D eigenvalue weighted by molar-refractivity contribution is 5.83. The van der Waals surface area contributed by atoms with Crippen molar-refractivity contribution < 1.29 is 4.74 Å². The van der Waals surface area contributed by atoms with Gasteiger partial charge in [-0.2, -0.15) is 0 Å². The molecular formula is C19H21N7O. The molecule has 0 aliphatic carbocycles. The number of hydrogen-bond donors (Lipinski definition) is 0. The van der Waals surface area contributed by atoms with Crippen LogP contribution in [0.3, 0.4) is 0 Å². The summed E-state index contributed by atoms with van der Waals surface area (Å²) in [6.45, 7) is 6.71. The third-order valence-electron chi connectivity index (χ3n) is 5.05. The Morgan fingerprint density at radius 1 is 1.07 bits per heavy atom. The first-order valence-corrected chi connectivity index (χ1v) is 9.28. The van der Waals surface area contributed by atoms with Crippen molar-refractivity contribution in [3.8, 4) is 0 Å². The van der Waals surface area contributed by atoms with E-state index in [1.165, 1.54) is 0 Å². The molecule has 1 aliphatic rings. The fourth-order valence-electron chi connectivity index (χ4n) is 3.74. The Labute approximate surface area is 156 Å². The number of anilines is 1. The van der Waals surface area contributed by atoms with Gasteiger partial charge in [-0.25, -0.2) is 19.9 Å². The lowest BCUT2D eigenvalue weighted by Crippen LogP contribution is -2.36. The molecule has 0 bridgehead atoms. The zero-order valence-corrected chi connectivity index (χ0v) is 15.2. The molecular weight excluding hydrogens is 342 g/mol. The van der Waals surface area contributed by atoms with Crippen LogP contribution in [0.25, 0.3) is 22.2 Å². The minimum absolute atomic E-state index is 0.624. The van der Waals surface area contributed by atoms with Crippen molar-refractivity contribution in [1.82, 2.24) is 29.1 Å². The standard InChI is InChI=1S/C19H21N7O/c1-2-26-15-6-4-3-5-14(15)23-16(26)11-25-13-22-17-18(20-12-21-19(17)25)24-7-9-27-10-8-24/h3-6,12-13H,2,7-11H2,1H3. The van der Waals surface area contributed by atoms with Gasteiger partial charge >= 0.3 is 0 Å². The third-order valence-corrected chi connectivity index (χ3v) is 5.05. The lowest BCUT2D eigenvalue weighted by molar-refractivity contribution is 0.122. The van der Waals surface area contributed by atoms with E-state index in [1.807, 2.05) is 17.0 Å². The Bertz CT molecular complexity index is 1090. The Kier molecular flexibility index (Phi) is 3.97. The summed E-state index contributed by atoms with van der Waals surface area (Å²) < 4.78 is 9.74. The number of benzene rings is 1. The number of nitrogens with zero attached hydrogens (tertiary/aromatic N) is 7. The first kappa shape index (κ1) is 16.2. The van der Waals surface area contributed by atoms with Gasteiger partial charge in [-0.15, -0.1) is 0 Å². The van der Waals surface area contributed by atoms with Crippen molar-refractivity contribution in [2.24, 2.45) is 0 Å². The summed E-state index contributed by atoms with van der Waals surface area (Å²) in [4.78, 5) is 20.6. The molecule has 0 radical (unpaired) electrons. The molecule has 1 aliphatic heterocycles. The lowest BCUT2D eigenvalue weighted by Gasteiger charge is -2.27. The molecule has 1 saturated heterocycles. The number of imidazole rings is 2. The molecule has 1 aromatic carbocycles. The van der Waals surface area contributed by atoms with Gasteiger partial charge in [0.25, 0.3) is 0 Å². The van der Waals surface area contributed by atoms with E-state index < -0.39 is 0 Å². The van der Waals surface area contributed by atoms with Crippen LogP contribution < -0.4 is 4.90 Å². The van der Waals surface area contributed by atoms with Crippen molar-refractivity contribution in [3.63, 3.8) is 0 Å². The summed E-state index contributed by atoms with van der Waals surface area (Å²) in [5.74, 6) is 1.88. The number of ether oxygens (including phenoxy) is 1.